The number of rotatable bonds is 4. The molecule has 2 aromatic heterocycles. The monoisotopic (exact) mass is 305 g/mol. The Morgan fingerprint density at radius 3 is 2.81 bits per heavy atom. The molecule has 6 nitrogen and oxygen atoms in total. The van der Waals surface area contributed by atoms with Crippen molar-refractivity contribution >= 4 is 29.0 Å². The molecule has 0 fully saturated rings. The van der Waals surface area contributed by atoms with Gasteiger partial charge in [-0.1, -0.05) is 0 Å². The molecule has 2 aromatic rings. The van der Waals surface area contributed by atoms with E-state index < -0.39 is 11.5 Å². The summed E-state index contributed by atoms with van der Waals surface area (Å²) in [6, 6.07) is 0. The predicted octanol–water partition coefficient (Wildman–Crippen LogP) is 2.27. The number of hydrogen-bond acceptors (Lipinski definition) is 6. The fourth-order valence-electron chi connectivity index (χ4n) is 1.66. The Labute approximate surface area is 125 Å². The van der Waals surface area contributed by atoms with Crippen LogP contribution in [-0.4, -0.2) is 27.5 Å². The highest BCUT2D eigenvalue weighted by molar-refractivity contribution is 7.10. The minimum absolute atomic E-state index is 0.0950. The Kier molecular flexibility index (Phi) is 4.64. The number of aryl methyl sites for hydroxylation is 1. The van der Waals surface area contributed by atoms with Crippen molar-refractivity contribution in [1.82, 2.24) is 15.0 Å². The van der Waals surface area contributed by atoms with E-state index in [1.807, 2.05) is 19.9 Å². The summed E-state index contributed by atoms with van der Waals surface area (Å²) in [5.41, 5.74) is 2.86. The van der Waals surface area contributed by atoms with Crippen LogP contribution in [0.3, 0.4) is 0 Å². The number of aromatic nitrogens is 3. The SMILES string of the molecule is CCOC(=O)c1cnc(/C(C)=C/c2scnc2C)[nH]c1=O. The number of esters is 1. The number of nitrogens with zero attached hydrogens (tertiary/aromatic N) is 2. The fourth-order valence-corrected chi connectivity index (χ4v) is 2.46. The van der Waals surface area contributed by atoms with Crippen LogP contribution < -0.4 is 5.56 Å². The number of aromatic amines is 1. The highest BCUT2D eigenvalue weighted by Crippen LogP contribution is 2.19. The van der Waals surface area contributed by atoms with E-state index in [-0.39, 0.29) is 12.2 Å². The first-order valence-corrected chi connectivity index (χ1v) is 7.26. The van der Waals surface area contributed by atoms with E-state index in [1.165, 1.54) is 17.5 Å². The van der Waals surface area contributed by atoms with Crippen molar-refractivity contribution in [2.45, 2.75) is 20.8 Å². The van der Waals surface area contributed by atoms with Gasteiger partial charge in [-0.3, -0.25) is 4.79 Å². The number of H-pyrrole nitrogens is 1. The molecule has 0 unspecified atom stereocenters. The lowest BCUT2D eigenvalue weighted by Gasteiger charge is -2.03. The van der Waals surface area contributed by atoms with Crippen molar-refractivity contribution in [3.63, 3.8) is 0 Å². The first-order chi connectivity index (χ1) is 10.0. The minimum atomic E-state index is -0.669. The molecule has 0 amide bonds. The third-order valence-electron chi connectivity index (χ3n) is 2.80. The number of carbonyl (C=O) groups excluding carboxylic acids is 1. The molecule has 0 atom stereocenters. The van der Waals surface area contributed by atoms with Crippen molar-refractivity contribution in [1.29, 1.82) is 0 Å². The van der Waals surface area contributed by atoms with Crippen LogP contribution in [0, 0.1) is 6.92 Å². The van der Waals surface area contributed by atoms with Crippen LogP contribution in [-0.2, 0) is 4.74 Å². The number of thiazole rings is 1. The zero-order chi connectivity index (χ0) is 15.4. The standard InChI is InChI=1S/C14H15N3O3S/c1-4-20-14(19)10-6-15-12(17-13(10)18)8(2)5-11-9(3)16-7-21-11/h5-7H,4H2,1-3H3,(H,15,17,18)/b8-5+. The molecule has 0 aliphatic carbocycles. The van der Waals surface area contributed by atoms with E-state index in [4.69, 9.17) is 4.74 Å². The molecule has 0 radical (unpaired) electrons. The molecule has 21 heavy (non-hydrogen) atoms. The van der Waals surface area contributed by atoms with Crippen LogP contribution in [0.4, 0.5) is 0 Å². The summed E-state index contributed by atoms with van der Waals surface area (Å²) in [7, 11) is 0. The molecule has 0 bridgehead atoms. The van der Waals surface area contributed by atoms with Crippen molar-refractivity contribution in [2.24, 2.45) is 0 Å². The Bertz CT molecular complexity index is 746. The Morgan fingerprint density at radius 2 is 2.24 bits per heavy atom. The average molecular weight is 305 g/mol. The average Bonchev–Trinajstić information content (AvgIpc) is 2.84. The predicted molar refractivity (Wildman–Crippen MR) is 81.2 cm³/mol. The highest BCUT2D eigenvalue weighted by atomic mass is 32.1. The van der Waals surface area contributed by atoms with Crippen LogP contribution in [0.25, 0.3) is 11.6 Å². The van der Waals surface area contributed by atoms with Gasteiger partial charge in [0.1, 0.15) is 11.4 Å². The van der Waals surface area contributed by atoms with Gasteiger partial charge in [-0.15, -0.1) is 11.3 Å². The zero-order valence-electron chi connectivity index (χ0n) is 12.0. The molecule has 0 saturated heterocycles. The lowest BCUT2D eigenvalue weighted by atomic mass is 10.2. The Hall–Kier alpha value is -2.28. The molecule has 2 rings (SSSR count). The summed E-state index contributed by atoms with van der Waals surface area (Å²) in [5, 5.41) is 0. The van der Waals surface area contributed by atoms with Gasteiger partial charge in [0.25, 0.3) is 5.56 Å². The van der Waals surface area contributed by atoms with Crippen molar-refractivity contribution in [2.75, 3.05) is 6.61 Å². The molecule has 7 heteroatoms. The summed E-state index contributed by atoms with van der Waals surface area (Å²) in [5.74, 6) is -0.251. The van der Waals surface area contributed by atoms with Gasteiger partial charge in [-0.25, -0.2) is 14.8 Å². The lowest BCUT2D eigenvalue weighted by Crippen LogP contribution is -2.21. The van der Waals surface area contributed by atoms with E-state index >= 15 is 0 Å². The highest BCUT2D eigenvalue weighted by Gasteiger charge is 2.13. The van der Waals surface area contributed by atoms with E-state index in [2.05, 4.69) is 15.0 Å². The van der Waals surface area contributed by atoms with Crippen LogP contribution in [0.2, 0.25) is 0 Å². The second kappa shape index (κ2) is 6.45. The second-order valence-corrected chi connectivity index (χ2v) is 5.21. The first kappa shape index (κ1) is 15.1. The first-order valence-electron chi connectivity index (χ1n) is 6.38. The molecular formula is C14H15N3O3S. The maximum atomic E-state index is 11.9. The second-order valence-electron chi connectivity index (χ2n) is 4.32. The summed E-state index contributed by atoms with van der Waals surface area (Å²) >= 11 is 1.51. The van der Waals surface area contributed by atoms with Gasteiger partial charge in [-0.05, 0) is 32.4 Å². The number of hydrogen-bond donors (Lipinski definition) is 1. The number of allylic oxidation sites excluding steroid dienone is 1. The third-order valence-corrected chi connectivity index (χ3v) is 3.68. The van der Waals surface area contributed by atoms with E-state index in [0.717, 1.165) is 16.1 Å². The van der Waals surface area contributed by atoms with E-state index in [0.29, 0.717) is 5.82 Å². The Balaban J connectivity index is 2.32. The van der Waals surface area contributed by atoms with Crippen molar-refractivity contribution in [3.8, 4) is 0 Å². The van der Waals surface area contributed by atoms with Crippen molar-refractivity contribution < 1.29 is 9.53 Å². The molecule has 0 saturated carbocycles. The summed E-state index contributed by atoms with van der Waals surface area (Å²) in [6.45, 7) is 5.64. The molecule has 0 aliphatic heterocycles. The van der Waals surface area contributed by atoms with Gasteiger partial charge in [0.15, 0.2) is 0 Å². The largest absolute Gasteiger partial charge is 0.462 e. The Morgan fingerprint density at radius 1 is 1.48 bits per heavy atom. The van der Waals surface area contributed by atoms with E-state index in [1.54, 1.807) is 12.4 Å². The third kappa shape index (κ3) is 3.43. The maximum absolute atomic E-state index is 11.9. The lowest BCUT2D eigenvalue weighted by molar-refractivity contribution is 0.0523. The summed E-state index contributed by atoms with van der Waals surface area (Å²) in [6.07, 6.45) is 3.14. The topological polar surface area (TPSA) is 84.9 Å². The van der Waals surface area contributed by atoms with Gasteiger partial charge in [0, 0.05) is 6.20 Å². The minimum Gasteiger partial charge on any atom is -0.462 e. The normalized spacial score (nSPS) is 11.5. The zero-order valence-corrected chi connectivity index (χ0v) is 12.8. The van der Waals surface area contributed by atoms with Crippen LogP contribution in [0.5, 0.6) is 0 Å². The van der Waals surface area contributed by atoms with Crippen LogP contribution >= 0.6 is 11.3 Å². The summed E-state index contributed by atoms with van der Waals surface area (Å²) in [4.78, 5) is 35.3. The number of carbonyl (C=O) groups is 1. The quantitative estimate of drug-likeness (QED) is 0.876. The number of ether oxygens (including phenoxy) is 1. The number of nitrogens with one attached hydrogen (secondary N) is 1. The van der Waals surface area contributed by atoms with Gasteiger partial charge < -0.3 is 9.72 Å². The molecular weight excluding hydrogens is 290 g/mol. The summed E-state index contributed by atoms with van der Waals surface area (Å²) < 4.78 is 4.79. The fraction of sp³-hybridized carbons (Fsp3) is 0.286. The van der Waals surface area contributed by atoms with Gasteiger partial charge >= 0.3 is 5.97 Å². The molecule has 0 aliphatic rings. The smallest absolute Gasteiger partial charge is 0.345 e. The van der Waals surface area contributed by atoms with Gasteiger partial charge in [-0.2, -0.15) is 0 Å². The molecule has 0 aromatic carbocycles. The van der Waals surface area contributed by atoms with E-state index in [9.17, 15) is 9.59 Å². The van der Waals surface area contributed by atoms with Crippen LogP contribution in [0.15, 0.2) is 16.5 Å². The molecule has 2 heterocycles. The van der Waals surface area contributed by atoms with Crippen molar-refractivity contribution in [3.05, 3.63) is 44.0 Å². The molecule has 0 spiro atoms. The molecule has 1 N–H and O–H groups in total. The van der Waals surface area contributed by atoms with Gasteiger partial charge in [0.2, 0.25) is 0 Å². The maximum Gasteiger partial charge on any atom is 0.345 e. The van der Waals surface area contributed by atoms with Gasteiger partial charge in [0.05, 0.1) is 22.7 Å². The molecule has 110 valence electrons. The van der Waals surface area contributed by atoms with Crippen LogP contribution in [0.1, 0.15) is 40.6 Å².